The number of amidine groups is 1. The van der Waals surface area contributed by atoms with Crippen LogP contribution in [0.3, 0.4) is 0 Å². The number of ether oxygens (including phenoxy) is 1. The minimum absolute atomic E-state index is 0.0805. The smallest absolute Gasteiger partial charge is 0.203 e. The van der Waals surface area contributed by atoms with E-state index in [1.807, 2.05) is 25.1 Å². The van der Waals surface area contributed by atoms with Crippen molar-refractivity contribution in [1.82, 2.24) is 10.3 Å². The van der Waals surface area contributed by atoms with Crippen LogP contribution in [0, 0.1) is 6.92 Å². The summed E-state index contributed by atoms with van der Waals surface area (Å²) in [7, 11) is 0.0805. The molecule has 0 spiro atoms. The van der Waals surface area contributed by atoms with E-state index in [1.54, 1.807) is 0 Å². The van der Waals surface area contributed by atoms with E-state index < -0.39 is 0 Å². The van der Waals surface area contributed by atoms with Crippen LogP contribution in [-0.2, 0) is 15.4 Å². The van der Waals surface area contributed by atoms with Gasteiger partial charge >= 0.3 is 0 Å². The standard InChI is InChI=1S/C16H21BrN6O3S/c1-11-2-3-12(10-13(11)17)20-16(21-24)14-15(23-26-22-14)18-4-5-19-27-8-6-25-7-9-27/h2-3,10,24H,4-9H2,1H3,(H,18,23)(H,20,21). The van der Waals surface area contributed by atoms with Crippen molar-refractivity contribution >= 4 is 44.0 Å². The molecule has 0 atom stereocenters. The predicted octanol–water partition coefficient (Wildman–Crippen LogP) is 2.63. The van der Waals surface area contributed by atoms with Gasteiger partial charge in [-0.1, -0.05) is 37.8 Å². The highest BCUT2D eigenvalue weighted by molar-refractivity contribution is 9.10. The number of halogens is 1. The molecule has 1 aliphatic rings. The van der Waals surface area contributed by atoms with Crippen molar-refractivity contribution < 1.29 is 14.6 Å². The molecular weight excluding hydrogens is 436 g/mol. The molecule has 1 aromatic heterocycles. The summed E-state index contributed by atoms with van der Waals surface area (Å²) in [6.45, 7) is 4.80. The molecule has 11 heteroatoms. The van der Waals surface area contributed by atoms with Gasteiger partial charge in [0.2, 0.25) is 11.7 Å². The lowest BCUT2D eigenvalue weighted by Crippen LogP contribution is -2.21. The van der Waals surface area contributed by atoms with Crippen molar-refractivity contribution in [2.75, 3.05) is 48.4 Å². The van der Waals surface area contributed by atoms with Gasteiger partial charge < -0.3 is 20.6 Å². The molecule has 2 aromatic rings. The fourth-order valence-electron chi connectivity index (χ4n) is 2.39. The molecule has 1 fully saturated rings. The maximum Gasteiger partial charge on any atom is 0.203 e. The van der Waals surface area contributed by atoms with Gasteiger partial charge in [0, 0.05) is 28.2 Å². The van der Waals surface area contributed by atoms with Gasteiger partial charge in [-0.05, 0) is 34.9 Å². The van der Waals surface area contributed by atoms with Crippen molar-refractivity contribution in [3.8, 4) is 0 Å². The third kappa shape index (κ3) is 5.50. The SMILES string of the molecule is Cc1ccc(N/C(=N\O)c2nonc2NCCN=S2CCOCC2)cc1Br. The summed E-state index contributed by atoms with van der Waals surface area (Å²) in [4.78, 5) is 0. The summed E-state index contributed by atoms with van der Waals surface area (Å²) < 4.78 is 15.8. The highest BCUT2D eigenvalue weighted by Crippen LogP contribution is 2.22. The number of nitrogens with zero attached hydrogens (tertiary/aromatic N) is 4. The number of hydrogen-bond donors (Lipinski definition) is 3. The van der Waals surface area contributed by atoms with E-state index in [4.69, 9.17) is 9.37 Å². The van der Waals surface area contributed by atoms with Crippen LogP contribution in [0.2, 0.25) is 0 Å². The molecule has 1 aliphatic heterocycles. The Bertz CT molecular complexity index is 833. The zero-order valence-corrected chi connectivity index (χ0v) is 17.2. The molecule has 0 amide bonds. The van der Waals surface area contributed by atoms with Crippen LogP contribution in [0.1, 0.15) is 11.3 Å². The first-order valence-corrected chi connectivity index (χ1v) is 10.7. The van der Waals surface area contributed by atoms with Gasteiger partial charge in [-0.25, -0.2) is 4.63 Å². The van der Waals surface area contributed by atoms with Crippen LogP contribution in [-0.4, -0.2) is 59.2 Å². The topological polar surface area (TPSA) is 117 Å². The first kappa shape index (κ1) is 19.8. The first-order chi connectivity index (χ1) is 13.2. The number of nitrogens with one attached hydrogen (secondary N) is 2. The van der Waals surface area contributed by atoms with Crippen LogP contribution in [0.4, 0.5) is 11.5 Å². The molecule has 0 unspecified atom stereocenters. The van der Waals surface area contributed by atoms with Crippen LogP contribution in [0.25, 0.3) is 0 Å². The number of rotatable bonds is 6. The third-order valence-corrected chi connectivity index (χ3v) is 6.53. The predicted molar refractivity (Wildman–Crippen MR) is 109 cm³/mol. The van der Waals surface area contributed by atoms with E-state index in [0.717, 1.165) is 40.4 Å². The molecule has 0 bridgehead atoms. The molecule has 3 rings (SSSR count). The monoisotopic (exact) mass is 456 g/mol. The molecule has 0 saturated carbocycles. The van der Waals surface area contributed by atoms with Gasteiger partial charge in [0.1, 0.15) is 0 Å². The van der Waals surface area contributed by atoms with Crippen LogP contribution < -0.4 is 10.6 Å². The molecule has 9 nitrogen and oxygen atoms in total. The number of benzene rings is 1. The largest absolute Gasteiger partial charge is 0.409 e. The van der Waals surface area contributed by atoms with Crippen molar-refractivity contribution in [2.24, 2.45) is 9.52 Å². The number of aryl methyl sites for hydroxylation is 1. The van der Waals surface area contributed by atoms with Crippen molar-refractivity contribution in [2.45, 2.75) is 6.92 Å². The molecule has 146 valence electrons. The Morgan fingerprint density at radius 1 is 1.33 bits per heavy atom. The summed E-state index contributed by atoms with van der Waals surface area (Å²) in [6, 6.07) is 5.70. The lowest BCUT2D eigenvalue weighted by molar-refractivity contribution is 0.160. The maximum atomic E-state index is 9.40. The number of aromatic nitrogens is 2. The summed E-state index contributed by atoms with van der Waals surface area (Å²) in [5, 5.41) is 26.5. The normalized spacial score (nSPS) is 15.6. The van der Waals surface area contributed by atoms with Gasteiger partial charge in [0.15, 0.2) is 5.69 Å². The maximum absolute atomic E-state index is 9.40. The quantitative estimate of drug-likeness (QED) is 0.201. The summed E-state index contributed by atoms with van der Waals surface area (Å²) >= 11 is 3.48. The van der Waals surface area contributed by atoms with Crippen molar-refractivity contribution in [3.63, 3.8) is 0 Å². The first-order valence-electron chi connectivity index (χ1n) is 8.42. The van der Waals surface area contributed by atoms with Crippen LogP contribution >= 0.6 is 15.9 Å². The summed E-state index contributed by atoms with van der Waals surface area (Å²) in [5.41, 5.74) is 2.13. The number of oxime groups is 1. The Labute approximate surface area is 167 Å². The van der Waals surface area contributed by atoms with E-state index in [1.165, 1.54) is 0 Å². The van der Waals surface area contributed by atoms with E-state index in [2.05, 4.69) is 46.4 Å². The molecule has 1 aromatic carbocycles. The van der Waals surface area contributed by atoms with E-state index in [9.17, 15) is 5.21 Å². The van der Waals surface area contributed by atoms with Gasteiger partial charge in [0.25, 0.3) is 0 Å². The van der Waals surface area contributed by atoms with Gasteiger partial charge in [0.05, 0.1) is 19.8 Å². The lowest BCUT2D eigenvalue weighted by Gasteiger charge is -2.14. The van der Waals surface area contributed by atoms with E-state index in [-0.39, 0.29) is 16.5 Å². The molecular formula is C16H21BrN6O3S. The molecule has 27 heavy (non-hydrogen) atoms. The highest BCUT2D eigenvalue weighted by Gasteiger charge is 2.17. The Morgan fingerprint density at radius 2 is 2.15 bits per heavy atom. The minimum Gasteiger partial charge on any atom is -0.409 e. The zero-order chi connectivity index (χ0) is 19.1. The van der Waals surface area contributed by atoms with E-state index >= 15 is 0 Å². The number of hydrogen-bond acceptors (Lipinski definition) is 8. The molecule has 0 radical (unpaired) electrons. The molecule has 2 heterocycles. The second kappa shape index (κ2) is 9.81. The highest BCUT2D eigenvalue weighted by atomic mass is 79.9. The second-order valence-electron chi connectivity index (χ2n) is 5.76. The van der Waals surface area contributed by atoms with Gasteiger partial charge in [-0.15, -0.1) is 0 Å². The molecule has 3 N–H and O–H groups in total. The fraction of sp³-hybridized carbons (Fsp3) is 0.438. The Kier molecular flexibility index (Phi) is 7.18. The summed E-state index contributed by atoms with van der Waals surface area (Å²) in [5.74, 6) is 2.52. The Balaban J connectivity index is 1.61. The number of anilines is 2. The lowest BCUT2D eigenvalue weighted by atomic mass is 10.2. The van der Waals surface area contributed by atoms with Crippen molar-refractivity contribution in [1.29, 1.82) is 0 Å². The second-order valence-corrected chi connectivity index (χ2v) is 8.62. The third-order valence-electron chi connectivity index (χ3n) is 3.85. The zero-order valence-electron chi connectivity index (χ0n) is 14.8. The van der Waals surface area contributed by atoms with E-state index in [0.29, 0.717) is 24.6 Å². The summed E-state index contributed by atoms with van der Waals surface area (Å²) in [6.07, 6.45) is 0. The Morgan fingerprint density at radius 3 is 2.89 bits per heavy atom. The molecule has 1 saturated heterocycles. The van der Waals surface area contributed by atoms with Crippen LogP contribution in [0.5, 0.6) is 0 Å². The average molecular weight is 457 g/mol. The van der Waals surface area contributed by atoms with Gasteiger partial charge in [-0.2, -0.15) is 0 Å². The van der Waals surface area contributed by atoms with Crippen molar-refractivity contribution in [3.05, 3.63) is 33.9 Å². The minimum atomic E-state index is 0.0805. The van der Waals surface area contributed by atoms with Gasteiger partial charge in [-0.3, -0.25) is 4.36 Å². The van der Waals surface area contributed by atoms with Crippen LogP contribution in [0.15, 0.2) is 36.8 Å². The fourth-order valence-corrected chi connectivity index (χ4v) is 4.20. The Hall–Kier alpha value is -1.98. The average Bonchev–Trinajstić information content (AvgIpc) is 3.15. The molecule has 0 aliphatic carbocycles.